The second-order valence-corrected chi connectivity index (χ2v) is 4.35. The molecule has 1 atom stereocenters. The van der Waals surface area contributed by atoms with Crippen LogP contribution in [0.25, 0.3) is 0 Å². The number of likely N-dealkylation sites (N-methyl/N-ethyl adjacent to an activating group) is 1. The van der Waals surface area contributed by atoms with Gasteiger partial charge in [0.25, 0.3) is 0 Å². The lowest BCUT2D eigenvalue weighted by atomic mass is 10.1. The van der Waals surface area contributed by atoms with Gasteiger partial charge in [0.15, 0.2) is 0 Å². The topological polar surface area (TPSA) is 32.3 Å². The van der Waals surface area contributed by atoms with Crippen LogP contribution in [0.1, 0.15) is 18.5 Å². The van der Waals surface area contributed by atoms with Crippen molar-refractivity contribution in [2.45, 2.75) is 13.0 Å². The molecule has 16 heavy (non-hydrogen) atoms. The minimum absolute atomic E-state index is 0.0288. The van der Waals surface area contributed by atoms with E-state index in [0.29, 0.717) is 6.54 Å². The zero-order chi connectivity index (χ0) is 12.1. The fourth-order valence-corrected chi connectivity index (χ4v) is 1.82. The first-order valence-electron chi connectivity index (χ1n) is 5.17. The van der Waals surface area contributed by atoms with Crippen LogP contribution < -0.4 is 5.32 Å². The maximum atomic E-state index is 10.9. The van der Waals surface area contributed by atoms with Crippen molar-refractivity contribution in [1.82, 2.24) is 10.2 Å². The molecule has 4 heteroatoms. The van der Waals surface area contributed by atoms with E-state index in [4.69, 9.17) is 11.6 Å². The zero-order valence-electron chi connectivity index (χ0n) is 9.83. The molecule has 1 aromatic carbocycles. The van der Waals surface area contributed by atoms with Gasteiger partial charge in [-0.3, -0.25) is 4.79 Å². The van der Waals surface area contributed by atoms with E-state index in [1.807, 2.05) is 43.3 Å². The van der Waals surface area contributed by atoms with Crippen LogP contribution in [0.3, 0.4) is 0 Å². The van der Waals surface area contributed by atoms with Crippen LogP contribution in [0.4, 0.5) is 0 Å². The van der Waals surface area contributed by atoms with E-state index in [-0.39, 0.29) is 11.9 Å². The molecule has 0 bridgehead atoms. The molecule has 0 fully saturated rings. The number of nitrogens with one attached hydrogen (secondary N) is 1. The maximum absolute atomic E-state index is 10.9. The second kappa shape index (κ2) is 5.87. The highest BCUT2D eigenvalue weighted by Gasteiger charge is 2.16. The van der Waals surface area contributed by atoms with E-state index in [1.165, 1.54) is 6.92 Å². The molecule has 1 N–H and O–H groups in total. The van der Waals surface area contributed by atoms with E-state index in [2.05, 4.69) is 5.32 Å². The number of carbonyl (C=O) groups excluding carboxylic acids is 1. The van der Waals surface area contributed by atoms with E-state index in [9.17, 15) is 4.79 Å². The van der Waals surface area contributed by atoms with Crippen molar-refractivity contribution in [3.05, 3.63) is 34.9 Å². The lowest BCUT2D eigenvalue weighted by molar-refractivity contribution is -0.119. The smallest absolute Gasteiger partial charge is 0.216 e. The first-order valence-corrected chi connectivity index (χ1v) is 5.55. The van der Waals surface area contributed by atoms with Crippen molar-refractivity contribution in [3.63, 3.8) is 0 Å². The minimum atomic E-state index is -0.0288. The average molecular weight is 241 g/mol. The van der Waals surface area contributed by atoms with Crippen molar-refractivity contribution >= 4 is 17.5 Å². The van der Waals surface area contributed by atoms with Crippen LogP contribution >= 0.6 is 11.6 Å². The SMILES string of the molecule is CC(=O)NCC(c1ccccc1Cl)N(C)C. The Labute approximate surface area is 101 Å². The number of halogens is 1. The summed E-state index contributed by atoms with van der Waals surface area (Å²) in [6, 6.07) is 7.79. The summed E-state index contributed by atoms with van der Waals surface area (Å²) in [6.45, 7) is 2.07. The van der Waals surface area contributed by atoms with E-state index in [1.54, 1.807) is 0 Å². The van der Waals surface area contributed by atoms with E-state index >= 15 is 0 Å². The quantitative estimate of drug-likeness (QED) is 0.874. The van der Waals surface area contributed by atoms with Crippen molar-refractivity contribution in [3.8, 4) is 0 Å². The van der Waals surface area contributed by atoms with Crippen LogP contribution in [-0.4, -0.2) is 31.4 Å². The molecule has 0 saturated heterocycles. The molecule has 0 aliphatic rings. The van der Waals surface area contributed by atoms with Crippen LogP contribution in [-0.2, 0) is 4.79 Å². The number of hydrogen-bond donors (Lipinski definition) is 1. The third-order valence-electron chi connectivity index (χ3n) is 2.43. The molecule has 1 amide bonds. The Morgan fingerprint density at radius 1 is 1.44 bits per heavy atom. The minimum Gasteiger partial charge on any atom is -0.354 e. The average Bonchev–Trinajstić information content (AvgIpc) is 2.20. The number of rotatable bonds is 4. The molecular weight excluding hydrogens is 224 g/mol. The van der Waals surface area contributed by atoms with E-state index < -0.39 is 0 Å². The van der Waals surface area contributed by atoms with Crippen molar-refractivity contribution < 1.29 is 4.79 Å². The Hall–Kier alpha value is -1.06. The van der Waals surface area contributed by atoms with Crippen LogP contribution in [0.2, 0.25) is 5.02 Å². The second-order valence-electron chi connectivity index (χ2n) is 3.94. The van der Waals surface area contributed by atoms with Crippen molar-refractivity contribution in [2.75, 3.05) is 20.6 Å². The van der Waals surface area contributed by atoms with Gasteiger partial charge in [-0.1, -0.05) is 29.8 Å². The first kappa shape index (κ1) is 13.0. The number of amides is 1. The van der Waals surface area contributed by atoms with Gasteiger partial charge in [0.2, 0.25) is 5.91 Å². The third kappa shape index (κ3) is 3.51. The Morgan fingerprint density at radius 3 is 2.56 bits per heavy atom. The highest BCUT2D eigenvalue weighted by Crippen LogP contribution is 2.25. The maximum Gasteiger partial charge on any atom is 0.216 e. The Kier molecular flexibility index (Phi) is 4.77. The zero-order valence-corrected chi connectivity index (χ0v) is 10.6. The van der Waals surface area contributed by atoms with Gasteiger partial charge in [0, 0.05) is 18.5 Å². The predicted octanol–water partition coefficient (Wildman–Crippen LogP) is 2.08. The molecule has 0 spiro atoms. The van der Waals surface area contributed by atoms with Crippen LogP contribution in [0, 0.1) is 0 Å². The lowest BCUT2D eigenvalue weighted by Crippen LogP contribution is -2.33. The molecule has 1 unspecified atom stereocenters. The Morgan fingerprint density at radius 2 is 2.06 bits per heavy atom. The fourth-order valence-electron chi connectivity index (χ4n) is 1.56. The van der Waals surface area contributed by atoms with Crippen molar-refractivity contribution in [1.29, 1.82) is 0 Å². The summed E-state index contributed by atoms with van der Waals surface area (Å²) in [4.78, 5) is 13.0. The molecule has 0 heterocycles. The molecule has 0 aliphatic heterocycles. The van der Waals surface area contributed by atoms with Crippen molar-refractivity contribution in [2.24, 2.45) is 0 Å². The summed E-state index contributed by atoms with van der Waals surface area (Å²) >= 11 is 6.14. The third-order valence-corrected chi connectivity index (χ3v) is 2.78. The summed E-state index contributed by atoms with van der Waals surface area (Å²) < 4.78 is 0. The predicted molar refractivity (Wildman–Crippen MR) is 66.6 cm³/mol. The summed E-state index contributed by atoms with van der Waals surface area (Å²) in [7, 11) is 3.94. The normalized spacial score (nSPS) is 12.6. The van der Waals surface area contributed by atoms with Gasteiger partial charge in [0.1, 0.15) is 0 Å². The Balaban J connectivity index is 2.85. The molecule has 88 valence electrons. The van der Waals surface area contributed by atoms with Gasteiger partial charge in [-0.05, 0) is 25.7 Å². The van der Waals surface area contributed by atoms with Gasteiger partial charge < -0.3 is 10.2 Å². The molecule has 0 aliphatic carbocycles. The molecule has 0 saturated carbocycles. The Bertz CT molecular complexity index is 366. The van der Waals surface area contributed by atoms with Crippen LogP contribution in [0.5, 0.6) is 0 Å². The lowest BCUT2D eigenvalue weighted by Gasteiger charge is -2.25. The molecule has 1 aromatic rings. The number of hydrogen-bond acceptors (Lipinski definition) is 2. The van der Waals surface area contributed by atoms with Gasteiger partial charge >= 0.3 is 0 Å². The van der Waals surface area contributed by atoms with Gasteiger partial charge in [-0.15, -0.1) is 0 Å². The van der Waals surface area contributed by atoms with E-state index in [0.717, 1.165) is 10.6 Å². The van der Waals surface area contributed by atoms with Gasteiger partial charge in [-0.25, -0.2) is 0 Å². The standard InChI is InChI=1S/C12H17ClN2O/c1-9(16)14-8-12(15(2)3)10-6-4-5-7-11(10)13/h4-7,12H,8H2,1-3H3,(H,14,16). The number of nitrogens with zero attached hydrogens (tertiary/aromatic N) is 1. The first-order chi connectivity index (χ1) is 7.52. The molecule has 3 nitrogen and oxygen atoms in total. The fraction of sp³-hybridized carbons (Fsp3) is 0.417. The summed E-state index contributed by atoms with van der Waals surface area (Å²) in [5.41, 5.74) is 1.03. The highest BCUT2D eigenvalue weighted by molar-refractivity contribution is 6.31. The summed E-state index contributed by atoms with van der Waals surface area (Å²) in [6.07, 6.45) is 0. The number of carbonyl (C=O) groups is 1. The van der Waals surface area contributed by atoms with Gasteiger partial charge in [-0.2, -0.15) is 0 Å². The number of benzene rings is 1. The summed E-state index contributed by atoms with van der Waals surface area (Å²) in [5, 5.41) is 3.54. The molecule has 1 rings (SSSR count). The monoisotopic (exact) mass is 240 g/mol. The molecule has 0 aromatic heterocycles. The molecule has 0 radical (unpaired) electrons. The highest BCUT2D eigenvalue weighted by atomic mass is 35.5. The largest absolute Gasteiger partial charge is 0.354 e. The molecular formula is C12H17ClN2O. The van der Waals surface area contributed by atoms with Gasteiger partial charge in [0.05, 0.1) is 6.04 Å². The summed E-state index contributed by atoms with van der Waals surface area (Å²) in [5.74, 6) is -0.0288. The van der Waals surface area contributed by atoms with Crippen LogP contribution in [0.15, 0.2) is 24.3 Å².